The van der Waals surface area contributed by atoms with Crippen LogP contribution in [0.25, 0.3) is 60.4 Å². The summed E-state index contributed by atoms with van der Waals surface area (Å²) in [6, 6.07) is 41.6. The fourth-order valence-electron chi connectivity index (χ4n) is 5.46. The van der Waals surface area contributed by atoms with Gasteiger partial charge in [0.05, 0.1) is 16.6 Å². The minimum atomic E-state index is 1.18. The molecule has 7 rings (SSSR count). The lowest BCUT2D eigenvalue weighted by Crippen LogP contribution is -1.94. The highest BCUT2D eigenvalue weighted by Gasteiger charge is 2.16. The van der Waals surface area contributed by atoms with E-state index < -0.39 is 0 Å². The summed E-state index contributed by atoms with van der Waals surface area (Å²) >= 11 is 0. The second-order valence-corrected chi connectivity index (χ2v) is 8.70. The number of para-hydroxylation sites is 4. The highest BCUT2D eigenvalue weighted by Crippen LogP contribution is 2.38. The smallest absolute Gasteiger partial charge is 0.0568 e. The van der Waals surface area contributed by atoms with Crippen LogP contribution in [0.2, 0.25) is 0 Å². The lowest BCUT2D eigenvalue weighted by molar-refractivity contribution is 1.02. The number of aryl methyl sites for hydroxylation is 1. The van der Waals surface area contributed by atoms with Gasteiger partial charge in [0, 0.05) is 45.4 Å². The Morgan fingerprint density at radius 3 is 1.94 bits per heavy atom. The predicted molar refractivity (Wildman–Crippen MR) is 140 cm³/mol. The maximum absolute atomic E-state index is 2.38. The second kappa shape index (κ2) is 6.85. The maximum atomic E-state index is 2.38. The topological polar surface area (TPSA) is 9.86 Å². The summed E-state index contributed by atoms with van der Waals surface area (Å²) in [5, 5.41) is 5.17. The molecule has 0 unspecified atom stereocenters. The van der Waals surface area contributed by atoms with Crippen LogP contribution in [-0.2, 0) is 7.05 Å². The Morgan fingerprint density at radius 2 is 1.12 bits per heavy atom. The fourth-order valence-corrected chi connectivity index (χ4v) is 5.46. The lowest BCUT2D eigenvalue weighted by Gasteiger charge is -2.10. The third-order valence-electron chi connectivity index (χ3n) is 6.93. The van der Waals surface area contributed by atoms with Crippen molar-refractivity contribution in [3.05, 3.63) is 115 Å². The number of benzene rings is 5. The fraction of sp³-hybridized carbons (Fsp3) is 0.0323. The van der Waals surface area contributed by atoms with Crippen molar-refractivity contribution < 1.29 is 0 Å². The number of hydrogen-bond acceptors (Lipinski definition) is 0. The van der Waals surface area contributed by atoms with Crippen LogP contribution in [0.5, 0.6) is 0 Å². The van der Waals surface area contributed by atoms with Crippen LogP contribution in [-0.4, -0.2) is 9.13 Å². The first-order valence-corrected chi connectivity index (χ1v) is 11.4. The average Bonchev–Trinajstić information content (AvgIpc) is 3.37. The summed E-state index contributed by atoms with van der Waals surface area (Å²) in [5.41, 5.74) is 8.69. The molecule has 2 heteroatoms. The van der Waals surface area contributed by atoms with Gasteiger partial charge in [-0.15, -0.1) is 0 Å². The summed E-state index contributed by atoms with van der Waals surface area (Å²) in [7, 11) is 2.17. The van der Waals surface area contributed by atoms with Crippen LogP contribution in [0.4, 0.5) is 0 Å². The zero-order valence-corrected chi connectivity index (χ0v) is 18.4. The van der Waals surface area contributed by atoms with E-state index in [1.165, 1.54) is 60.4 Å². The Morgan fingerprint density at radius 1 is 0.485 bits per heavy atom. The lowest BCUT2D eigenvalue weighted by atomic mass is 10.0. The molecule has 0 aliphatic heterocycles. The first-order chi connectivity index (χ1) is 16.3. The molecular weight excluding hydrogens is 400 g/mol. The second-order valence-electron chi connectivity index (χ2n) is 8.70. The van der Waals surface area contributed by atoms with Crippen LogP contribution in [0, 0.1) is 0 Å². The number of aromatic nitrogens is 2. The molecule has 0 saturated carbocycles. The molecule has 33 heavy (non-hydrogen) atoms. The zero-order valence-electron chi connectivity index (χ0n) is 18.4. The van der Waals surface area contributed by atoms with Crippen LogP contribution < -0.4 is 0 Å². The minimum Gasteiger partial charge on any atom is -0.343 e. The molecule has 0 radical (unpaired) electrons. The van der Waals surface area contributed by atoms with Crippen molar-refractivity contribution in [1.29, 1.82) is 0 Å². The first kappa shape index (κ1) is 18.3. The average molecular weight is 423 g/mol. The highest BCUT2D eigenvalue weighted by molar-refractivity contribution is 6.14. The molecule has 7 aromatic rings. The van der Waals surface area contributed by atoms with Crippen LogP contribution >= 0.6 is 0 Å². The molecule has 0 aliphatic rings. The van der Waals surface area contributed by atoms with Crippen molar-refractivity contribution in [1.82, 2.24) is 9.13 Å². The van der Waals surface area contributed by atoms with E-state index in [0.29, 0.717) is 0 Å². The van der Waals surface area contributed by atoms with Gasteiger partial charge < -0.3 is 9.13 Å². The van der Waals surface area contributed by atoms with Gasteiger partial charge in [-0.2, -0.15) is 0 Å². The Bertz CT molecular complexity index is 1820. The van der Waals surface area contributed by atoms with E-state index in [0.717, 1.165) is 0 Å². The Hall–Kier alpha value is -4.30. The number of nitrogens with zero attached hydrogens (tertiary/aromatic N) is 2. The van der Waals surface area contributed by atoms with E-state index in [9.17, 15) is 0 Å². The molecule has 0 fully saturated rings. The maximum Gasteiger partial charge on any atom is 0.0568 e. The van der Waals surface area contributed by atoms with Gasteiger partial charge in [-0.05, 0) is 35.9 Å². The molecule has 0 atom stereocenters. The largest absolute Gasteiger partial charge is 0.343 e. The van der Waals surface area contributed by atoms with Gasteiger partial charge in [-0.25, -0.2) is 0 Å². The summed E-state index contributed by atoms with van der Waals surface area (Å²) in [6.07, 6.45) is 0. The summed E-state index contributed by atoms with van der Waals surface area (Å²) in [6.45, 7) is 0. The third-order valence-corrected chi connectivity index (χ3v) is 6.93. The summed E-state index contributed by atoms with van der Waals surface area (Å²) in [5.74, 6) is 0. The molecule has 0 N–H and O–H groups in total. The Labute approximate surface area is 191 Å². The third kappa shape index (κ3) is 2.55. The van der Waals surface area contributed by atoms with Gasteiger partial charge in [0.25, 0.3) is 0 Å². The first-order valence-electron chi connectivity index (χ1n) is 11.4. The quantitative estimate of drug-likeness (QED) is 0.266. The molecule has 0 spiro atoms. The molecule has 2 heterocycles. The zero-order chi connectivity index (χ0) is 21.9. The van der Waals surface area contributed by atoms with Crippen LogP contribution in [0.1, 0.15) is 0 Å². The summed E-state index contributed by atoms with van der Waals surface area (Å²) < 4.78 is 4.72. The standard InChI is InChI=1S/C31H22N2/c1-32-28-16-7-5-13-25(28)27-15-9-14-23(31(27)32)21-18-19-26-24-12-6-8-17-29(24)33(30(26)20-21)22-10-3-2-4-11-22/h2-20H,1H3. The molecule has 0 bridgehead atoms. The van der Waals surface area contributed by atoms with Gasteiger partial charge in [-0.3, -0.25) is 0 Å². The van der Waals surface area contributed by atoms with Crippen LogP contribution in [0.15, 0.2) is 115 Å². The van der Waals surface area contributed by atoms with Gasteiger partial charge in [-0.1, -0.05) is 84.9 Å². The van der Waals surface area contributed by atoms with E-state index in [1.807, 2.05) is 0 Å². The van der Waals surface area contributed by atoms with Gasteiger partial charge >= 0.3 is 0 Å². The van der Waals surface area contributed by atoms with Gasteiger partial charge in [0.15, 0.2) is 0 Å². The van der Waals surface area contributed by atoms with Crippen molar-refractivity contribution in [3.8, 4) is 16.8 Å². The Kier molecular flexibility index (Phi) is 3.80. The molecule has 0 aliphatic carbocycles. The molecular formula is C31H22N2. The molecule has 156 valence electrons. The Balaban J connectivity index is 1.58. The van der Waals surface area contributed by atoms with Crippen LogP contribution in [0.3, 0.4) is 0 Å². The van der Waals surface area contributed by atoms with Gasteiger partial charge in [0.1, 0.15) is 0 Å². The van der Waals surface area contributed by atoms with E-state index in [2.05, 4.69) is 131 Å². The van der Waals surface area contributed by atoms with Crippen molar-refractivity contribution >= 4 is 43.6 Å². The van der Waals surface area contributed by atoms with Crippen molar-refractivity contribution in [2.75, 3.05) is 0 Å². The molecule has 2 nitrogen and oxygen atoms in total. The summed E-state index contributed by atoms with van der Waals surface area (Å²) in [4.78, 5) is 0. The molecule has 2 aromatic heterocycles. The number of hydrogen-bond donors (Lipinski definition) is 0. The van der Waals surface area contributed by atoms with Gasteiger partial charge in [0.2, 0.25) is 0 Å². The number of fused-ring (bicyclic) bond motifs is 6. The van der Waals surface area contributed by atoms with E-state index >= 15 is 0 Å². The van der Waals surface area contributed by atoms with Crippen molar-refractivity contribution in [3.63, 3.8) is 0 Å². The van der Waals surface area contributed by atoms with E-state index in [4.69, 9.17) is 0 Å². The normalized spacial score (nSPS) is 11.8. The monoisotopic (exact) mass is 422 g/mol. The highest BCUT2D eigenvalue weighted by atomic mass is 15.0. The molecule has 5 aromatic carbocycles. The predicted octanol–water partition coefficient (Wildman–Crippen LogP) is 8.10. The van der Waals surface area contributed by atoms with E-state index in [-0.39, 0.29) is 0 Å². The van der Waals surface area contributed by atoms with Crippen molar-refractivity contribution in [2.24, 2.45) is 7.05 Å². The van der Waals surface area contributed by atoms with E-state index in [1.54, 1.807) is 0 Å². The molecule has 0 amide bonds. The number of rotatable bonds is 2. The SMILES string of the molecule is Cn1c2ccccc2c2cccc(-c3ccc4c5ccccc5n(-c5ccccc5)c4c3)c21. The molecule has 0 saturated heterocycles. The van der Waals surface area contributed by atoms with Crippen molar-refractivity contribution in [2.45, 2.75) is 0 Å². The minimum absolute atomic E-state index is 1.18.